The summed E-state index contributed by atoms with van der Waals surface area (Å²) in [6.07, 6.45) is 9.35. The average molecular weight is 353 g/mol. The second kappa shape index (κ2) is 9.58. The second-order valence-electron chi connectivity index (χ2n) is 11.4. The zero-order valence-corrected chi connectivity index (χ0v) is 19.3. The highest BCUT2D eigenvalue weighted by atomic mass is 16.2. The fourth-order valence-corrected chi connectivity index (χ4v) is 4.05. The number of aliphatic hydroxyl groups excluding tert-OH is 1. The molecule has 3 atom stereocenters. The Bertz CT molecular complexity index is 397. The minimum absolute atomic E-state index is 0.386. The summed E-state index contributed by atoms with van der Waals surface area (Å²) in [5.74, 6) is 2.38. The molecule has 25 heavy (non-hydrogen) atoms. The molecule has 0 aliphatic heterocycles. The molecule has 0 spiro atoms. The van der Waals surface area contributed by atoms with E-state index in [0.29, 0.717) is 16.2 Å². The van der Waals surface area contributed by atoms with Crippen LogP contribution in [0, 0.1) is 34.0 Å². The van der Waals surface area contributed by atoms with Crippen LogP contribution >= 0.6 is 0 Å². The van der Waals surface area contributed by atoms with Crippen LogP contribution < -0.4 is 0 Å². The first-order chi connectivity index (χ1) is 11.2. The zero-order chi connectivity index (χ0) is 20.1. The second-order valence-corrected chi connectivity index (χ2v) is 11.4. The third kappa shape index (κ3) is 8.29. The van der Waals surface area contributed by atoms with Gasteiger partial charge in [-0.2, -0.15) is 0 Å². The molecule has 0 saturated heterocycles. The zero-order valence-electron chi connectivity index (χ0n) is 19.3. The molecular formula is C24H48O. The molecule has 1 nitrogen and oxygen atoms in total. The molecule has 0 fully saturated rings. The quantitative estimate of drug-likeness (QED) is 0.519. The summed E-state index contributed by atoms with van der Waals surface area (Å²) in [5, 5.41) is 7.00. The van der Waals surface area contributed by atoms with Gasteiger partial charge in [0, 0.05) is 7.11 Å². The highest BCUT2D eigenvalue weighted by Gasteiger charge is 2.36. The lowest BCUT2D eigenvalue weighted by molar-refractivity contribution is 0.139. The summed E-state index contributed by atoms with van der Waals surface area (Å²) in [6, 6.07) is 0. The van der Waals surface area contributed by atoms with Crippen LogP contribution in [0.2, 0.25) is 0 Å². The van der Waals surface area contributed by atoms with Crippen LogP contribution in [0.15, 0.2) is 11.6 Å². The molecular weight excluding hydrogens is 304 g/mol. The highest BCUT2D eigenvalue weighted by Crippen LogP contribution is 2.47. The molecule has 1 aliphatic rings. The first-order valence-electron chi connectivity index (χ1n) is 10.4. The van der Waals surface area contributed by atoms with E-state index in [-0.39, 0.29) is 0 Å². The monoisotopic (exact) mass is 352 g/mol. The van der Waals surface area contributed by atoms with E-state index in [2.05, 4.69) is 75.3 Å². The van der Waals surface area contributed by atoms with Crippen LogP contribution in [-0.2, 0) is 0 Å². The number of rotatable bonds is 4. The third-order valence-electron chi connectivity index (χ3n) is 6.19. The van der Waals surface area contributed by atoms with Gasteiger partial charge in [0.25, 0.3) is 0 Å². The molecule has 0 saturated carbocycles. The van der Waals surface area contributed by atoms with E-state index in [1.807, 2.05) is 0 Å². The maximum absolute atomic E-state index is 7.00. The van der Waals surface area contributed by atoms with E-state index in [9.17, 15) is 0 Å². The Labute approximate surface area is 159 Å². The molecule has 1 rings (SSSR count). The number of hydrogen-bond donors (Lipinski definition) is 1. The van der Waals surface area contributed by atoms with E-state index in [4.69, 9.17) is 5.11 Å². The molecule has 150 valence electrons. The van der Waals surface area contributed by atoms with Crippen molar-refractivity contribution >= 4 is 0 Å². The van der Waals surface area contributed by atoms with Gasteiger partial charge in [-0.25, -0.2) is 0 Å². The van der Waals surface area contributed by atoms with Crippen molar-refractivity contribution in [2.75, 3.05) is 7.11 Å². The van der Waals surface area contributed by atoms with Crippen molar-refractivity contribution in [3.63, 3.8) is 0 Å². The molecule has 1 heteroatoms. The number of aliphatic hydroxyl groups is 1. The van der Waals surface area contributed by atoms with Gasteiger partial charge in [-0.05, 0) is 59.7 Å². The number of allylic oxidation sites excluding steroid dienone is 2. The fraction of sp³-hybridized carbons (Fsp3) is 0.917. The molecule has 3 unspecified atom stereocenters. The molecule has 0 aromatic heterocycles. The smallest absolute Gasteiger partial charge is 0.0319 e. The third-order valence-corrected chi connectivity index (χ3v) is 6.19. The van der Waals surface area contributed by atoms with Crippen LogP contribution in [0.25, 0.3) is 0 Å². The maximum atomic E-state index is 7.00. The Hall–Kier alpha value is -0.300. The molecule has 0 aromatic carbocycles. The van der Waals surface area contributed by atoms with Crippen LogP contribution in [0.3, 0.4) is 0 Å². The van der Waals surface area contributed by atoms with Crippen molar-refractivity contribution < 1.29 is 5.11 Å². The summed E-state index contributed by atoms with van der Waals surface area (Å²) in [4.78, 5) is 0. The summed E-state index contributed by atoms with van der Waals surface area (Å²) in [5.41, 5.74) is 2.98. The largest absolute Gasteiger partial charge is 0.400 e. The van der Waals surface area contributed by atoms with Gasteiger partial charge in [0.2, 0.25) is 0 Å². The maximum Gasteiger partial charge on any atom is 0.0319 e. The molecule has 0 aromatic rings. The van der Waals surface area contributed by atoms with Crippen molar-refractivity contribution in [1.82, 2.24) is 0 Å². The van der Waals surface area contributed by atoms with Gasteiger partial charge in [0.15, 0.2) is 0 Å². The lowest BCUT2D eigenvalue weighted by atomic mass is 9.62. The number of hydrogen-bond acceptors (Lipinski definition) is 1. The minimum atomic E-state index is 0.386. The van der Waals surface area contributed by atoms with Gasteiger partial charge in [0.05, 0.1) is 0 Å². The van der Waals surface area contributed by atoms with E-state index in [0.717, 1.165) is 24.9 Å². The Morgan fingerprint density at radius 3 is 1.84 bits per heavy atom. The molecule has 0 amide bonds. The van der Waals surface area contributed by atoms with Crippen molar-refractivity contribution in [3.8, 4) is 0 Å². The molecule has 1 N–H and O–H groups in total. The molecule has 0 heterocycles. The van der Waals surface area contributed by atoms with E-state index in [1.165, 1.54) is 32.1 Å². The Balaban J connectivity index is 0.00000277. The average Bonchev–Trinajstić information content (AvgIpc) is 2.46. The van der Waals surface area contributed by atoms with Gasteiger partial charge in [0.1, 0.15) is 0 Å². The van der Waals surface area contributed by atoms with E-state index >= 15 is 0 Å². The normalized spacial score (nSPS) is 23.4. The first-order valence-corrected chi connectivity index (χ1v) is 10.4. The molecule has 0 radical (unpaired) electrons. The topological polar surface area (TPSA) is 20.2 Å². The Morgan fingerprint density at radius 2 is 1.48 bits per heavy atom. The first kappa shape index (κ1) is 24.7. The Morgan fingerprint density at radius 1 is 0.960 bits per heavy atom. The standard InChI is InChI=1S/C23H44.CH4O/c1-11-12-18(21(2,3)4)13-17-14-19(22(5,6)7)16-20(15-17)23(8,9)10;1-2/h14,18-20H,11-13,15-16H2,1-10H3;2H,1H3. The van der Waals surface area contributed by atoms with Gasteiger partial charge in [-0.1, -0.05) is 87.3 Å². The SMILES string of the molecule is CCCC(CC1=CC(C(C)(C)C)CC(C(C)(C)C)C1)C(C)(C)C.CO. The molecule has 0 bridgehead atoms. The van der Waals surface area contributed by atoms with Crippen molar-refractivity contribution in [1.29, 1.82) is 0 Å². The predicted octanol–water partition coefficient (Wildman–Crippen LogP) is 7.49. The van der Waals surface area contributed by atoms with Crippen molar-refractivity contribution in [2.45, 2.75) is 101 Å². The summed E-state index contributed by atoms with van der Waals surface area (Å²) in [6.45, 7) is 24.2. The van der Waals surface area contributed by atoms with Crippen LogP contribution in [-0.4, -0.2) is 12.2 Å². The van der Waals surface area contributed by atoms with Gasteiger partial charge in [-0.3, -0.25) is 0 Å². The highest BCUT2D eigenvalue weighted by molar-refractivity contribution is 5.14. The van der Waals surface area contributed by atoms with Crippen LogP contribution in [0.5, 0.6) is 0 Å². The van der Waals surface area contributed by atoms with Crippen LogP contribution in [0.1, 0.15) is 101 Å². The van der Waals surface area contributed by atoms with Crippen molar-refractivity contribution in [3.05, 3.63) is 11.6 Å². The Kier molecular flexibility index (Phi) is 9.47. The predicted molar refractivity (Wildman–Crippen MR) is 114 cm³/mol. The minimum Gasteiger partial charge on any atom is -0.400 e. The summed E-state index contributed by atoms with van der Waals surface area (Å²) >= 11 is 0. The lowest BCUT2D eigenvalue weighted by Crippen LogP contribution is -2.32. The van der Waals surface area contributed by atoms with Crippen LogP contribution in [0.4, 0.5) is 0 Å². The van der Waals surface area contributed by atoms with E-state index in [1.54, 1.807) is 5.57 Å². The van der Waals surface area contributed by atoms with Gasteiger partial charge >= 0.3 is 0 Å². The van der Waals surface area contributed by atoms with Crippen molar-refractivity contribution in [2.24, 2.45) is 34.0 Å². The van der Waals surface area contributed by atoms with Gasteiger partial charge in [-0.15, -0.1) is 0 Å². The fourth-order valence-electron chi connectivity index (χ4n) is 4.05. The van der Waals surface area contributed by atoms with Gasteiger partial charge < -0.3 is 5.11 Å². The summed E-state index contributed by atoms with van der Waals surface area (Å²) < 4.78 is 0. The van der Waals surface area contributed by atoms with E-state index < -0.39 is 0 Å². The molecule has 1 aliphatic carbocycles. The summed E-state index contributed by atoms with van der Waals surface area (Å²) in [7, 11) is 1.00. The lowest BCUT2D eigenvalue weighted by Gasteiger charge is -2.43.